The first-order chi connectivity index (χ1) is 19.1. The van der Waals surface area contributed by atoms with Crippen molar-refractivity contribution in [2.75, 3.05) is 7.11 Å². The molecule has 2 aromatic carbocycles. The summed E-state index contributed by atoms with van der Waals surface area (Å²) in [6, 6.07) is 15.6. The van der Waals surface area contributed by atoms with Gasteiger partial charge in [0.05, 0.1) is 18.7 Å². The molecule has 0 fully saturated rings. The zero-order valence-electron chi connectivity index (χ0n) is 21.2. The van der Waals surface area contributed by atoms with Crippen molar-refractivity contribution >= 4 is 22.9 Å². The minimum Gasteiger partial charge on any atom is -0.377 e. The fourth-order valence-electron chi connectivity index (χ4n) is 4.46. The van der Waals surface area contributed by atoms with E-state index in [-0.39, 0.29) is 24.4 Å². The number of pyridine rings is 1. The van der Waals surface area contributed by atoms with Crippen LogP contribution in [0.3, 0.4) is 0 Å². The van der Waals surface area contributed by atoms with E-state index in [4.69, 9.17) is 22.9 Å². The van der Waals surface area contributed by atoms with Gasteiger partial charge in [0.25, 0.3) is 5.56 Å². The molecule has 0 unspecified atom stereocenters. The first-order valence-electron chi connectivity index (χ1n) is 11.9. The Morgan fingerprint density at radius 1 is 0.975 bits per heavy atom. The summed E-state index contributed by atoms with van der Waals surface area (Å²) < 4.78 is 47.9. The molecule has 3 aromatic heterocycles. The standard InChI is InChI=1S/C28H20ClF3N6O2/c1-16-19(8-13-22(34-16)28(30,31)32)14-37-27(39)25(18-6-11-21(33-2)12-7-18)24(17-4-9-20(29)10-5-17)26-36-35-23(15-40-3)38(26)37/h4-13H,14-15H2,1,3H3. The smallest absolute Gasteiger partial charge is 0.377 e. The number of nitrogens with zero attached hydrogens (tertiary/aromatic N) is 6. The lowest BCUT2D eigenvalue weighted by atomic mass is 9.96. The Kier molecular flexibility index (Phi) is 7.14. The third kappa shape index (κ3) is 4.95. The monoisotopic (exact) mass is 564 g/mol. The molecule has 5 aromatic rings. The summed E-state index contributed by atoms with van der Waals surface area (Å²) in [6.45, 7) is 8.64. The van der Waals surface area contributed by atoms with Gasteiger partial charge >= 0.3 is 6.18 Å². The predicted molar refractivity (Wildman–Crippen MR) is 143 cm³/mol. The number of halogens is 4. The zero-order valence-corrected chi connectivity index (χ0v) is 22.0. The van der Waals surface area contributed by atoms with E-state index >= 15 is 0 Å². The number of aromatic nitrogens is 5. The Morgan fingerprint density at radius 3 is 2.23 bits per heavy atom. The molecule has 0 aliphatic heterocycles. The van der Waals surface area contributed by atoms with Gasteiger partial charge < -0.3 is 4.74 Å². The number of benzene rings is 2. The van der Waals surface area contributed by atoms with Gasteiger partial charge in [-0.25, -0.2) is 19.0 Å². The molecule has 0 spiro atoms. The molecule has 0 aliphatic rings. The third-order valence-corrected chi connectivity index (χ3v) is 6.62. The van der Waals surface area contributed by atoms with Crippen LogP contribution in [-0.4, -0.2) is 31.5 Å². The number of alkyl halides is 3. The van der Waals surface area contributed by atoms with E-state index in [1.165, 1.54) is 29.3 Å². The Morgan fingerprint density at radius 2 is 1.62 bits per heavy atom. The lowest BCUT2D eigenvalue weighted by molar-refractivity contribution is -0.141. The van der Waals surface area contributed by atoms with Crippen molar-refractivity contribution in [2.45, 2.75) is 26.3 Å². The van der Waals surface area contributed by atoms with E-state index in [1.807, 2.05) is 0 Å². The molecule has 0 saturated carbocycles. The first-order valence-corrected chi connectivity index (χ1v) is 12.3. The third-order valence-electron chi connectivity index (χ3n) is 6.37. The highest BCUT2D eigenvalue weighted by Gasteiger charge is 2.33. The van der Waals surface area contributed by atoms with Gasteiger partial charge in [-0.05, 0) is 41.8 Å². The van der Waals surface area contributed by atoms with E-state index in [1.54, 1.807) is 48.5 Å². The summed E-state index contributed by atoms with van der Waals surface area (Å²) in [4.78, 5) is 21.5. The molecule has 0 bridgehead atoms. The van der Waals surface area contributed by atoms with Gasteiger partial charge in [-0.2, -0.15) is 13.2 Å². The molecule has 0 atom stereocenters. The summed E-state index contributed by atoms with van der Waals surface area (Å²) >= 11 is 6.13. The van der Waals surface area contributed by atoms with Crippen LogP contribution in [0.25, 0.3) is 32.7 Å². The van der Waals surface area contributed by atoms with Crippen molar-refractivity contribution < 1.29 is 17.9 Å². The van der Waals surface area contributed by atoms with Crippen molar-refractivity contribution in [3.8, 4) is 22.3 Å². The highest BCUT2D eigenvalue weighted by atomic mass is 35.5. The normalized spacial score (nSPS) is 11.6. The quantitative estimate of drug-likeness (QED) is 0.225. The van der Waals surface area contributed by atoms with Gasteiger partial charge in [0, 0.05) is 23.4 Å². The van der Waals surface area contributed by atoms with Crippen molar-refractivity contribution in [1.29, 1.82) is 0 Å². The molecule has 0 radical (unpaired) electrons. The van der Waals surface area contributed by atoms with Crippen molar-refractivity contribution in [3.63, 3.8) is 0 Å². The molecule has 0 saturated heterocycles. The minimum absolute atomic E-state index is 0.0178. The number of aryl methyl sites for hydroxylation is 1. The summed E-state index contributed by atoms with van der Waals surface area (Å²) in [5.41, 5.74) is 1.71. The summed E-state index contributed by atoms with van der Waals surface area (Å²) in [6.07, 6.45) is -4.60. The maximum atomic E-state index is 14.4. The zero-order chi connectivity index (χ0) is 28.6. The molecule has 8 nitrogen and oxygen atoms in total. The lowest BCUT2D eigenvalue weighted by Crippen LogP contribution is -2.30. The maximum absolute atomic E-state index is 14.4. The number of hydrogen-bond acceptors (Lipinski definition) is 5. The SMILES string of the molecule is [C-]#[N+]c1ccc(-c2c(-c3ccc(Cl)cc3)c3nnc(COC)n3n(Cc3ccc(C(F)(F)F)nc3C)c2=O)cc1. The van der Waals surface area contributed by atoms with Crippen LogP contribution < -0.4 is 5.56 Å². The van der Waals surface area contributed by atoms with E-state index in [2.05, 4.69) is 20.0 Å². The molecule has 0 aliphatic carbocycles. The van der Waals surface area contributed by atoms with E-state index < -0.39 is 17.4 Å². The van der Waals surface area contributed by atoms with Crippen LogP contribution in [0.4, 0.5) is 18.9 Å². The average molecular weight is 565 g/mol. The van der Waals surface area contributed by atoms with Crippen LogP contribution in [0, 0.1) is 13.5 Å². The maximum Gasteiger partial charge on any atom is 0.433 e. The predicted octanol–water partition coefficient (Wildman–Crippen LogP) is 6.35. The van der Waals surface area contributed by atoms with Gasteiger partial charge in [0.2, 0.25) is 0 Å². The Bertz CT molecular complexity index is 1820. The number of rotatable bonds is 6. The van der Waals surface area contributed by atoms with Crippen molar-refractivity contribution in [2.24, 2.45) is 0 Å². The van der Waals surface area contributed by atoms with Crippen LogP contribution >= 0.6 is 11.6 Å². The summed E-state index contributed by atoms with van der Waals surface area (Å²) in [7, 11) is 1.47. The molecular weight excluding hydrogens is 545 g/mol. The second kappa shape index (κ2) is 10.6. The van der Waals surface area contributed by atoms with Gasteiger partial charge in [-0.3, -0.25) is 4.79 Å². The number of fused-ring (bicyclic) bond motifs is 1. The highest BCUT2D eigenvalue weighted by molar-refractivity contribution is 6.30. The van der Waals surface area contributed by atoms with Crippen LogP contribution in [0.2, 0.25) is 5.02 Å². The Hall–Kier alpha value is -4.53. The second-order valence-corrected chi connectivity index (χ2v) is 9.34. The van der Waals surface area contributed by atoms with Gasteiger partial charge in [0.15, 0.2) is 17.2 Å². The second-order valence-electron chi connectivity index (χ2n) is 8.90. The molecule has 202 valence electrons. The fourth-order valence-corrected chi connectivity index (χ4v) is 4.58. The van der Waals surface area contributed by atoms with E-state index in [9.17, 15) is 18.0 Å². The first kappa shape index (κ1) is 27.1. The van der Waals surface area contributed by atoms with Crippen molar-refractivity contribution in [1.82, 2.24) is 24.4 Å². The van der Waals surface area contributed by atoms with Crippen LogP contribution in [-0.2, 0) is 24.1 Å². The summed E-state index contributed by atoms with van der Waals surface area (Å²) in [5, 5.41) is 9.16. The molecule has 0 amide bonds. The molecular formula is C28H20ClF3N6O2. The van der Waals surface area contributed by atoms with Crippen LogP contribution in [0.15, 0.2) is 65.5 Å². The number of methoxy groups -OCH3 is 1. The largest absolute Gasteiger partial charge is 0.433 e. The van der Waals surface area contributed by atoms with Crippen LogP contribution in [0.1, 0.15) is 22.8 Å². The minimum atomic E-state index is -4.60. The number of hydrogen-bond donors (Lipinski definition) is 0. The van der Waals surface area contributed by atoms with E-state index in [0.717, 1.165) is 6.07 Å². The topological polar surface area (TPSA) is 78.7 Å². The van der Waals surface area contributed by atoms with Gasteiger partial charge in [0.1, 0.15) is 12.3 Å². The van der Waals surface area contributed by atoms with Crippen molar-refractivity contribution in [3.05, 3.63) is 110 Å². The molecule has 12 heteroatoms. The number of ether oxygens (including phenoxy) is 1. The lowest BCUT2D eigenvalue weighted by Gasteiger charge is -2.19. The fraction of sp³-hybridized carbons (Fsp3) is 0.179. The van der Waals surface area contributed by atoms with Gasteiger partial charge in [-0.15, -0.1) is 10.2 Å². The molecule has 3 heterocycles. The average Bonchev–Trinajstić information content (AvgIpc) is 3.34. The summed E-state index contributed by atoms with van der Waals surface area (Å²) in [5.74, 6) is 0.317. The Balaban J connectivity index is 1.83. The van der Waals surface area contributed by atoms with Crippen LogP contribution in [0.5, 0.6) is 0 Å². The highest BCUT2D eigenvalue weighted by Crippen LogP contribution is 2.35. The van der Waals surface area contributed by atoms with E-state index in [0.29, 0.717) is 44.4 Å². The van der Waals surface area contributed by atoms with Gasteiger partial charge in [-0.1, -0.05) is 54.1 Å². The Labute approximate surface area is 231 Å². The molecule has 40 heavy (non-hydrogen) atoms. The molecule has 0 N–H and O–H groups in total. The molecule has 5 rings (SSSR count).